The van der Waals surface area contributed by atoms with Crippen LogP contribution < -0.4 is 10.2 Å². The molecule has 1 aliphatic heterocycles. The molecule has 0 saturated heterocycles. The molecule has 1 saturated carbocycles. The molecule has 2 N–H and O–H groups in total. The highest BCUT2D eigenvalue weighted by atomic mass is 16.3. The number of phenols is 1. The van der Waals surface area contributed by atoms with Crippen molar-refractivity contribution < 1.29 is 9.90 Å². The summed E-state index contributed by atoms with van der Waals surface area (Å²) >= 11 is 0. The minimum atomic E-state index is -0.387. The Kier molecular flexibility index (Phi) is 2.47. The summed E-state index contributed by atoms with van der Waals surface area (Å²) in [5.74, 6) is 0.254. The highest BCUT2D eigenvalue weighted by Gasteiger charge is 2.46. The molecule has 0 atom stereocenters. The van der Waals surface area contributed by atoms with Gasteiger partial charge < -0.3 is 15.3 Å². The number of hydrogen-bond donors (Lipinski definition) is 2. The molecule has 1 heterocycles. The maximum atomic E-state index is 12.4. The van der Waals surface area contributed by atoms with E-state index in [2.05, 4.69) is 10.2 Å². The van der Waals surface area contributed by atoms with E-state index in [1.807, 2.05) is 13.1 Å². The Morgan fingerprint density at radius 1 is 1.28 bits per heavy atom. The van der Waals surface area contributed by atoms with Gasteiger partial charge in [-0.2, -0.15) is 0 Å². The molecule has 1 spiro atoms. The fraction of sp³-hybridized carbons (Fsp3) is 0.500. The van der Waals surface area contributed by atoms with E-state index >= 15 is 0 Å². The van der Waals surface area contributed by atoms with Crippen LogP contribution in [-0.4, -0.2) is 23.6 Å². The van der Waals surface area contributed by atoms with Gasteiger partial charge in [-0.25, -0.2) is 0 Å². The summed E-state index contributed by atoms with van der Waals surface area (Å²) in [7, 11) is 1.99. The molecule has 0 aromatic heterocycles. The number of anilines is 2. The van der Waals surface area contributed by atoms with Crippen molar-refractivity contribution >= 4 is 17.3 Å². The van der Waals surface area contributed by atoms with Crippen molar-refractivity contribution in [3.8, 4) is 5.75 Å². The molecular formula is C14H18N2O2. The Morgan fingerprint density at radius 2 is 2.00 bits per heavy atom. The molecule has 4 heteroatoms. The van der Waals surface area contributed by atoms with Crippen LogP contribution in [0, 0.1) is 0 Å². The van der Waals surface area contributed by atoms with E-state index < -0.39 is 0 Å². The quantitative estimate of drug-likeness (QED) is 0.739. The number of aromatic hydroxyl groups is 1. The summed E-state index contributed by atoms with van der Waals surface area (Å²) in [6.45, 7) is 0. The van der Waals surface area contributed by atoms with Gasteiger partial charge in [-0.1, -0.05) is 19.3 Å². The predicted molar refractivity (Wildman–Crippen MR) is 71.0 cm³/mol. The van der Waals surface area contributed by atoms with Crippen LogP contribution in [0.3, 0.4) is 0 Å². The van der Waals surface area contributed by atoms with E-state index in [1.165, 1.54) is 6.42 Å². The highest BCUT2D eigenvalue weighted by Crippen LogP contribution is 2.43. The summed E-state index contributed by atoms with van der Waals surface area (Å²) in [5.41, 5.74) is 1.32. The lowest BCUT2D eigenvalue weighted by Crippen LogP contribution is -2.59. The van der Waals surface area contributed by atoms with Crippen molar-refractivity contribution in [1.29, 1.82) is 0 Å². The Bertz CT molecular complexity index is 493. The zero-order valence-corrected chi connectivity index (χ0v) is 10.6. The van der Waals surface area contributed by atoms with Crippen LogP contribution in [0.15, 0.2) is 18.2 Å². The maximum absolute atomic E-state index is 12.4. The Hall–Kier alpha value is -1.71. The molecule has 1 aliphatic carbocycles. The number of fused-ring (bicyclic) bond motifs is 1. The van der Waals surface area contributed by atoms with Crippen molar-refractivity contribution in [3.63, 3.8) is 0 Å². The van der Waals surface area contributed by atoms with Crippen LogP contribution in [0.25, 0.3) is 0 Å². The Morgan fingerprint density at radius 3 is 2.72 bits per heavy atom. The number of carbonyl (C=O) groups excluding carboxylic acids is 1. The van der Waals surface area contributed by atoms with Gasteiger partial charge in [0.15, 0.2) is 0 Å². The van der Waals surface area contributed by atoms with Crippen molar-refractivity contribution in [2.45, 2.75) is 37.6 Å². The van der Waals surface area contributed by atoms with E-state index in [1.54, 1.807) is 12.1 Å². The van der Waals surface area contributed by atoms with Crippen LogP contribution in [0.2, 0.25) is 0 Å². The van der Waals surface area contributed by atoms with E-state index in [0.29, 0.717) is 5.69 Å². The first-order valence-corrected chi connectivity index (χ1v) is 6.52. The summed E-state index contributed by atoms with van der Waals surface area (Å²) in [6, 6.07) is 5.16. The van der Waals surface area contributed by atoms with Crippen LogP contribution in [0.5, 0.6) is 5.75 Å². The number of amides is 1. The standard InChI is InChI=1S/C14H18N2O2/c1-16-12-6-5-10(17)9-11(12)15-13(18)14(16)7-3-2-4-8-14/h5-6,9,17H,2-4,7-8H2,1H3,(H,15,18). The molecule has 96 valence electrons. The highest BCUT2D eigenvalue weighted by molar-refractivity contribution is 6.06. The van der Waals surface area contributed by atoms with Gasteiger partial charge in [0.25, 0.3) is 0 Å². The first-order valence-electron chi connectivity index (χ1n) is 6.52. The molecule has 1 fully saturated rings. The lowest BCUT2D eigenvalue weighted by molar-refractivity contribution is -0.122. The number of rotatable bonds is 0. The molecular weight excluding hydrogens is 228 g/mol. The van der Waals surface area contributed by atoms with Crippen molar-refractivity contribution in [2.24, 2.45) is 0 Å². The van der Waals surface area contributed by atoms with E-state index in [4.69, 9.17) is 0 Å². The number of nitrogens with one attached hydrogen (secondary N) is 1. The fourth-order valence-corrected chi connectivity index (χ4v) is 3.24. The molecule has 3 rings (SSSR count). The smallest absolute Gasteiger partial charge is 0.250 e. The van der Waals surface area contributed by atoms with E-state index in [0.717, 1.165) is 31.4 Å². The second kappa shape index (κ2) is 3.90. The number of likely N-dealkylation sites (N-methyl/N-ethyl adjacent to an activating group) is 1. The van der Waals surface area contributed by atoms with Gasteiger partial charge in [0, 0.05) is 13.1 Å². The monoisotopic (exact) mass is 246 g/mol. The zero-order valence-electron chi connectivity index (χ0n) is 10.6. The van der Waals surface area contributed by atoms with E-state index in [-0.39, 0.29) is 17.2 Å². The summed E-state index contributed by atoms with van der Waals surface area (Å²) in [5, 5.41) is 12.4. The molecule has 1 aromatic carbocycles. The van der Waals surface area contributed by atoms with Crippen LogP contribution in [0.1, 0.15) is 32.1 Å². The summed E-state index contributed by atoms with van der Waals surface area (Å²) < 4.78 is 0. The van der Waals surface area contributed by atoms with Gasteiger partial charge in [-0.05, 0) is 25.0 Å². The average molecular weight is 246 g/mol. The second-order valence-corrected chi connectivity index (χ2v) is 5.31. The predicted octanol–water partition coefficient (Wildman–Crippen LogP) is 2.48. The Balaban J connectivity index is 2.06. The van der Waals surface area contributed by atoms with Crippen molar-refractivity contribution in [1.82, 2.24) is 0 Å². The molecule has 18 heavy (non-hydrogen) atoms. The Labute approximate surface area is 107 Å². The van der Waals surface area contributed by atoms with E-state index in [9.17, 15) is 9.90 Å². The first-order chi connectivity index (χ1) is 8.63. The summed E-state index contributed by atoms with van der Waals surface area (Å²) in [6.07, 6.45) is 5.24. The van der Waals surface area contributed by atoms with Crippen LogP contribution in [-0.2, 0) is 4.79 Å². The average Bonchev–Trinajstić information content (AvgIpc) is 2.37. The fourth-order valence-electron chi connectivity index (χ4n) is 3.24. The summed E-state index contributed by atoms with van der Waals surface area (Å²) in [4.78, 5) is 14.5. The zero-order chi connectivity index (χ0) is 12.8. The van der Waals surface area contributed by atoms with Crippen molar-refractivity contribution in [3.05, 3.63) is 18.2 Å². The van der Waals surface area contributed by atoms with Gasteiger partial charge in [0.05, 0.1) is 11.4 Å². The van der Waals surface area contributed by atoms with Crippen LogP contribution in [0.4, 0.5) is 11.4 Å². The van der Waals surface area contributed by atoms with Gasteiger partial charge in [-0.3, -0.25) is 4.79 Å². The SMILES string of the molecule is CN1c2ccc(O)cc2NC(=O)C12CCCCC2. The lowest BCUT2D eigenvalue weighted by Gasteiger charge is -2.48. The van der Waals surface area contributed by atoms with Crippen LogP contribution >= 0.6 is 0 Å². The largest absolute Gasteiger partial charge is 0.508 e. The minimum Gasteiger partial charge on any atom is -0.508 e. The molecule has 0 bridgehead atoms. The van der Waals surface area contributed by atoms with Gasteiger partial charge in [0.2, 0.25) is 5.91 Å². The van der Waals surface area contributed by atoms with Gasteiger partial charge in [0.1, 0.15) is 11.3 Å². The van der Waals surface area contributed by atoms with Gasteiger partial charge in [-0.15, -0.1) is 0 Å². The number of carbonyl (C=O) groups is 1. The van der Waals surface area contributed by atoms with Gasteiger partial charge >= 0.3 is 0 Å². The molecule has 2 aliphatic rings. The number of nitrogens with zero attached hydrogens (tertiary/aromatic N) is 1. The molecule has 1 amide bonds. The van der Waals surface area contributed by atoms with Crippen molar-refractivity contribution in [2.75, 3.05) is 17.3 Å². The first kappa shape index (κ1) is 11.4. The third kappa shape index (κ3) is 1.48. The third-order valence-corrected chi connectivity index (χ3v) is 4.34. The minimum absolute atomic E-state index is 0.0720. The lowest BCUT2D eigenvalue weighted by atomic mass is 9.78. The number of benzene rings is 1. The third-order valence-electron chi connectivity index (χ3n) is 4.34. The normalized spacial score (nSPS) is 21.6. The molecule has 4 nitrogen and oxygen atoms in total. The molecule has 0 unspecified atom stereocenters. The second-order valence-electron chi connectivity index (χ2n) is 5.31. The molecule has 0 radical (unpaired) electrons. The number of phenolic OH excluding ortho intramolecular Hbond substituents is 1. The number of hydrogen-bond acceptors (Lipinski definition) is 3. The topological polar surface area (TPSA) is 52.6 Å². The maximum Gasteiger partial charge on any atom is 0.250 e. The molecule has 1 aromatic rings.